The highest BCUT2D eigenvalue weighted by Crippen LogP contribution is 2.15. The van der Waals surface area contributed by atoms with Gasteiger partial charge in [-0.25, -0.2) is 13.6 Å². The van der Waals surface area contributed by atoms with Crippen LogP contribution in [-0.2, 0) is 19.5 Å². The van der Waals surface area contributed by atoms with Gasteiger partial charge < -0.3 is 14.2 Å². The maximum Gasteiger partial charge on any atom is 0.238 e. The molecular weight excluding hydrogens is 270 g/mol. The number of benzene rings is 1. The van der Waals surface area contributed by atoms with Crippen LogP contribution in [0.5, 0.6) is 5.75 Å². The SMILES string of the molecule is CCOC(COc1ccc(S(N)(=O)=O)cc1)OCC. The lowest BCUT2D eigenvalue weighted by molar-refractivity contribution is -0.152. The van der Waals surface area contributed by atoms with E-state index in [9.17, 15) is 8.42 Å². The summed E-state index contributed by atoms with van der Waals surface area (Å²) < 4.78 is 38.2. The molecule has 0 amide bonds. The summed E-state index contributed by atoms with van der Waals surface area (Å²) in [6.45, 7) is 5.02. The quantitative estimate of drug-likeness (QED) is 0.724. The van der Waals surface area contributed by atoms with Gasteiger partial charge in [-0.3, -0.25) is 0 Å². The lowest BCUT2D eigenvalue weighted by Gasteiger charge is -2.17. The summed E-state index contributed by atoms with van der Waals surface area (Å²) in [5.41, 5.74) is 0. The number of sulfonamides is 1. The predicted molar refractivity (Wildman–Crippen MR) is 70.4 cm³/mol. The van der Waals surface area contributed by atoms with Crippen LogP contribution in [0.2, 0.25) is 0 Å². The number of hydrogen-bond acceptors (Lipinski definition) is 5. The van der Waals surface area contributed by atoms with Crippen molar-refractivity contribution in [2.75, 3.05) is 19.8 Å². The third-order valence-electron chi connectivity index (χ3n) is 2.24. The first-order valence-corrected chi connectivity index (χ1v) is 7.50. The number of primary sulfonamides is 1. The molecule has 0 atom stereocenters. The average Bonchev–Trinajstić information content (AvgIpc) is 2.36. The van der Waals surface area contributed by atoms with Crippen molar-refractivity contribution in [3.63, 3.8) is 0 Å². The minimum absolute atomic E-state index is 0.0472. The molecule has 6 nitrogen and oxygen atoms in total. The predicted octanol–water partition coefficient (Wildman–Crippen LogP) is 1.11. The zero-order valence-corrected chi connectivity index (χ0v) is 11.9. The van der Waals surface area contributed by atoms with E-state index in [-0.39, 0.29) is 11.5 Å². The zero-order valence-electron chi connectivity index (χ0n) is 11.0. The van der Waals surface area contributed by atoms with Gasteiger partial charge in [0.15, 0.2) is 6.29 Å². The second kappa shape index (κ2) is 7.44. The van der Waals surface area contributed by atoms with Gasteiger partial charge in [0.2, 0.25) is 10.0 Å². The number of nitrogens with two attached hydrogens (primary N) is 1. The standard InChI is InChI=1S/C12H19NO5S/c1-3-16-12(17-4-2)9-18-10-5-7-11(8-6-10)19(13,14)15/h5-8,12H,3-4,9H2,1-2H3,(H2,13,14,15). The molecule has 0 spiro atoms. The van der Waals surface area contributed by atoms with Crippen molar-refractivity contribution in [1.82, 2.24) is 0 Å². The molecule has 1 rings (SSSR count). The Hall–Kier alpha value is -1.15. The number of rotatable bonds is 8. The summed E-state index contributed by atoms with van der Waals surface area (Å²) in [5, 5.41) is 5.00. The molecule has 2 N–H and O–H groups in total. The molecule has 0 radical (unpaired) electrons. The second-order valence-corrected chi connectivity index (χ2v) is 5.23. The van der Waals surface area contributed by atoms with Gasteiger partial charge in [-0.2, -0.15) is 0 Å². The molecule has 0 aliphatic heterocycles. The summed E-state index contributed by atoms with van der Waals surface area (Å²) >= 11 is 0. The minimum atomic E-state index is -3.67. The monoisotopic (exact) mass is 289 g/mol. The van der Waals surface area contributed by atoms with Crippen LogP contribution >= 0.6 is 0 Å². The van der Waals surface area contributed by atoms with E-state index < -0.39 is 16.3 Å². The van der Waals surface area contributed by atoms with Crippen LogP contribution in [0.1, 0.15) is 13.8 Å². The van der Waals surface area contributed by atoms with Crippen molar-refractivity contribution in [2.24, 2.45) is 5.14 Å². The van der Waals surface area contributed by atoms with Gasteiger partial charge in [0, 0.05) is 13.2 Å². The highest BCUT2D eigenvalue weighted by molar-refractivity contribution is 7.89. The largest absolute Gasteiger partial charge is 0.488 e. The van der Waals surface area contributed by atoms with E-state index in [1.54, 1.807) is 0 Å². The van der Waals surface area contributed by atoms with E-state index in [4.69, 9.17) is 19.3 Å². The normalized spacial score (nSPS) is 11.8. The van der Waals surface area contributed by atoms with Gasteiger partial charge in [-0.05, 0) is 38.1 Å². The Kier molecular flexibility index (Phi) is 6.23. The van der Waals surface area contributed by atoms with Crippen molar-refractivity contribution >= 4 is 10.0 Å². The Morgan fingerprint density at radius 3 is 2.05 bits per heavy atom. The van der Waals surface area contributed by atoms with Crippen molar-refractivity contribution in [3.8, 4) is 5.75 Å². The minimum Gasteiger partial charge on any atom is -0.488 e. The highest BCUT2D eigenvalue weighted by atomic mass is 32.2. The summed E-state index contributed by atoms with van der Waals surface area (Å²) in [6.07, 6.45) is -0.437. The third kappa shape index (κ3) is 5.56. The topological polar surface area (TPSA) is 87.9 Å². The Morgan fingerprint density at radius 1 is 1.11 bits per heavy atom. The van der Waals surface area contributed by atoms with Gasteiger partial charge in [0.1, 0.15) is 12.4 Å². The number of ether oxygens (including phenoxy) is 3. The van der Waals surface area contributed by atoms with E-state index in [0.29, 0.717) is 19.0 Å². The van der Waals surface area contributed by atoms with E-state index in [0.717, 1.165) is 0 Å². The molecule has 0 unspecified atom stereocenters. The van der Waals surface area contributed by atoms with Crippen molar-refractivity contribution in [2.45, 2.75) is 25.0 Å². The van der Waals surface area contributed by atoms with E-state index in [1.165, 1.54) is 24.3 Å². The molecule has 19 heavy (non-hydrogen) atoms. The van der Waals surface area contributed by atoms with Crippen molar-refractivity contribution in [3.05, 3.63) is 24.3 Å². The molecule has 0 saturated heterocycles. The molecular formula is C12H19NO5S. The van der Waals surface area contributed by atoms with E-state index in [2.05, 4.69) is 0 Å². The van der Waals surface area contributed by atoms with Crippen LogP contribution in [0.3, 0.4) is 0 Å². The van der Waals surface area contributed by atoms with Gasteiger partial charge >= 0.3 is 0 Å². The fourth-order valence-electron chi connectivity index (χ4n) is 1.41. The first-order valence-electron chi connectivity index (χ1n) is 5.96. The van der Waals surface area contributed by atoms with Crippen LogP contribution in [0.25, 0.3) is 0 Å². The van der Waals surface area contributed by atoms with Crippen LogP contribution in [0, 0.1) is 0 Å². The Labute approximate surface area is 113 Å². The Morgan fingerprint density at radius 2 is 1.63 bits per heavy atom. The van der Waals surface area contributed by atoms with Crippen LogP contribution < -0.4 is 9.88 Å². The number of hydrogen-bond donors (Lipinski definition) is 1. The summed E-state index contributed by atoms with van der Waals surface area (Å²) in [4.78, 5) is 0.0472. The van der Waals surface area contributed by atoms with Gasteiger partial charge in [-0.1, -0.05) is 0 Å². The zero-order chi connectivity index (χ0) is 14.3. The lowest BCUT2D eigenvalue weighted by Crippen LogP contribution is -2.25. The van der Waals surface area contributed by atoms with Crippen molar-refractivity contribution < 1.29 is 22.6 Å². The van der Waals surface area contributed by atoms with E-state index in [1.807, 2.05) is 13.8 Å². The molecule has 108 valence electrons. The maximum absolute atomic E-state index is 11.1. The molecule has 0 fully saturated rings. The average molecular weight is 289 g/mol. The van der Waals surface area contributed by atoms with Gasteiger partial charge in [-0.15, -0.1) is 0 Å². The molecule has 0 aliphatic carbocycles. The lowest BCUT2D eigenvalue weighted by atomic mass is 10.3. The molecule has 1 aromatic carbocycles. The van der Waals surface area contributed by atoms with Crippen LogP contribution in [-0.4, -0.2) is 34.5 Å². The van der Waals surface area contributed by atoms with Gasteiger partial charge in [0.25, 0.3) is 0 Å². The third-order valence-corrected chi connectivity index (χ3v) is 3.17. The molecule has 0 heterocycles. The van der Waals surface area contributed by atoms with Crippen LogP contribution in [0.4, 0.5) is 0 Å². The Balaban J connectivity index is 2.58. The molecule has 0 aliphatic rings. The fourth-order valence-corrected chi connectivity index (χ4v) is 1.92. The first-order chi connectivity index (χ1) is 8.97. The molecule has 0 bridgehead atoms. The highest BCUT2D eigenvalue weighted by Gasteiger charge is 2.10. The summed E-state index contributed by atoms with van der Waals surface area (Å²) in [5.74, 6) is 0.525. The second-order valence-electron chi connectivity index (χ2n) is 3.67. The maximum atomic E-state index is 11.1. The van der Waals surface area contributed by atoms with E-state index >= 15 is 0 Å². The molecule has 1 aromatic rings. The smallest absolute Gasteiger partial charge is 0.238 e. The fraction of sp³-hybridized carbons (Fsp3) is 0.500. The molecule has 0 aromatic heterocycles. The summed E-state index contributed by atoms with van der Waals surface area (Å²) in [7, 11) is -3.67. The molecule has 0 saturated carbocycles. The summed E-state index contributed by atoms with van der Waals surface area (Å²) in [6, 6.07) is 5.85. The first kappa shape index (κ1) is 15.9. The Bertz CT molecular complexity index is 465. The van der Waals surface area contributed by atoms with Gasteiger partial charge in [0.05, 0.1) is 4.90 Å². The van der Waals surface area contributed by atoms with Crippen LogP contribution in [0.15, 0.2) is 29.2 Å². The van der Waals surface area contributed by atoms with Crippen molar-refractivity contribution in [1.29, 1.82) is 0 Å². The molecule has 7 heteroatoms.